The number of nitro groups is 1. The van der Waals surface area contributed by atoms with E-state index in [2.05, 4.69) is 36.3 Å². The van der Waals surface area contributed by atoms with Crippen molar-refractivity contribution < 1.29 is 42.9 Å². The molecule has 1 saturated heterocycles. The predicted molar refractivity (Wildman–Crippen MR) is 187 cm³/mol. The van der Waals surface area contributed by atoms with Crippen LogP contribution in [0.2, 0.25) is 0 Å². The molecule has 1 unspecified atom stereocenters. The molecule has 2 aromatic carbocycles. The van der Waals surface area contributed by atoms with Gasteiger partial charge in [0.15, 0.2) is 0 Å². The lowest BCUT2D eigenvalue weighted by Crippen LogP contribution is -2.60. The number of esters is 1. The largest absolute Gasteiger partial charge is 0.462 e. The monoisotopic (exact) mass is 695 g/mol. The highest BCUT2D eigenvalue weighted by molar-refractivity contribution is 5.87. The van der Waals surface area contributed by atoms with E-state index in [1.54, 1.807) is 19.1 Å². The number of non-ortho nitro benzene ring substituents is 1. The van der Waals surface area contributed by atoms with E-state index in [9.17, 15) is 14.9 Å². The van der Waals surface area contributed by atoms with Gasteiger partial charge in [0.2, 0.25) is 5.72 Å². The van der Waals surface area contributed by atoms with E-state index in [1.165, 1.54) is 0 Å². The second-order valence-electron chi connectivity index (χ2n) is 13.0. The number of anilines is 1. The fourth-order valence-corrected chi connectivity index (χ4v) is 6.51. The first-order valence-corrected chi connectivity index (χ1v) is 17.1. The number of nitro benzene ring substituents is 1. The minimum atomic E-state index is -1.02. The number of rotatable bonds is 7. The van der Waals surface area contributed by atoms with E-state index < -0.39 is 17.1 Å². The van der Waals surface area contributed by atoms with Crippen molar-refractivity contribution in [3.05, 3.63) is 81.4 Å². The van der Waals surface area contributed by atoms with E-state index in [-0.39, 0.29) is 17.2 Å². The average molecular weight is 696 g/mol. The lowest BCUT2D eigenvalue weighted by Gasteiger charge is -2.47. The molecule has 0 aromatic heterocycles. The first-order valence-electron chi connectivity index (χ1n) is 17.1. The van der Waals surface area contributed by atoms with Crippen LogP contribution < -0.4 is 9.64 Å². The number of hydrogen-bond donors (Lipinski definition) is 0. The summed E-state index contributed by atoms with van der Waals surface area (Å²) in [7, 11) is 0. The molecule has 13 heteroatoms. The average Bonchev–Trinajstić information content (AvgIpc) is 3.27. The molecule has 1 atom stereocenters. The third-order valence-corrected chi connectivity index (χ3v) is 9.18. The van der Waals surface area contributed by atoms with Crippen molar-refractivity contribution in [2.75, 3.05) is 97.2 Å². The number of carbonyl (C=O) groups excluding carboxylic acids is 1. The zero-order valence-corrected chi connectivity index (χ0v) is 29.4. The van der Waals surface area contributed by atoms with Gasteiger partial charge in [-0.15, -0.1) is 0 Å². The van der Waals surface area contributed by atoms with Gasteiger partial charge < -0.3 is 38.1 Å². The van der Waals surface area contributed by atoms with E-state index in [0.717, 1.165) is 11.3 Å². The quantitative estimate of drug-likeness (QED) is 0.175. The Labute approximate surface area is 293 Å². The fourth-order valence-electron chi connectivity index (χ4n) is 6.51. The molecule has 0 aliphatic carbocycles. The molecule has 0 bridgehead atoms. The van der Waals surface area contributed by atoms with Crippen LogP contribution >= 0.6 is 0 Å². The second kappa shape index (κ2) is 17.4. The van der Waals surface area contributed by atoms with Crippen molar-refractivity contribution in [2.45, 2.75) is 38.5 Å². The summed E-state index contributed by atoms with van der Waals surface area (Å²) in [5, 5.41) is 12.1. The van der Waals surface area contributed by atoms with Crippen molar-refractivity contribution in [1.29, 1.82) is 0 Å². The molecular formula is C37H49N3O10. The van der Waals surface area contributed by atoms with E-state index >= 15 is 0 Å². The molecule has 0 amide bonds. The SMILES string of the molecule is C=C(C)C(=O)OCCN1c2ccccc2C(C)(C)C12C=Cc1cc([N+](=O)[O-])cc(CN3CCOCCOCCOCCOCCOCC3)c1O2. The molecule has 272 valence electrons. The third kappa shape index (κ3) is 8.71. The van der Waals surface area contributed by atoms with Crippen molar-refractivity contribution in [3.63, 3.8) is 0 Å². The van der Waals surface area contributed by atoms with Crippen LogP contribution in [0.5, 0.6) is 5.75 Å². The Balaban J connectivity index is 1.42. The van der Waals surface area contributed by atoms with Gasteiger partial charge in [-0.2, -0.15) is 0 Å². The van der Waals surface area contributed by atoms with Crippen LogP contribution in [0.1, 0.15) is 37.5 Å². The second-order valence-corrected chi connectivity index (χ2v) is 13.0. The van der Waals surface area contributed by atoms with Gasteiger partial charge in [0.05, 0.1) is 83.0 Å². The Bertz CT molecular complexity index is 1510. The molecule has 0 saturated carbocycles. The molecular weight excluding hydrogens is 646 g/mol. The van der Waals surface area contributed by atoms with Crippen molar-refractivity contribution in [2.24, 2.45) is 0 Å². The molecule has 3 heterocycles. The summed E-state index contributed by atoms with van der Waals surface area (Å²) in [6.45, 7) is 16.1. The van der Waals surface area contributed by atoms with Gasteiger partial charge in [0, 0.05) is 54.2 Å². The Kier molecular flexibility index (Phi) is 13.0. The van der Waals surface area contributed by atoms with Gasteiger partial charge >= 0.3 is 5.97 Å². The fraction of sp³-hybridized carbons (Fsp3) is 0.541. The molecule has 0 N–H and O–H groups in total. The van der Waals surface area contributed by atoms with E-state index in [0.29, 0.717) is 115 Å². The van der Waals surface area contributed by atoms with Crippen LogP contribution in [-0.4, -0.2) is 114 Å². The summed E-state index contributed by atoms with van der Waals surface area (Å²) >= 11 is 0. The normalized spacial score (nSPS) is 22.1. The minimum Gasteiger partial charge on any atom is -0.462 e. The summed E-state index contributed by atoms with van der Waals surface area (Å²) in [6, 6.07) is 11.2. The maximum absolute atomic E-state index is 12.3. The zero-order valence-electron chi connectivity index (χ0n) is 29.4. The van der Waals surface area contributed by atoms with Gasteiger partial charge in [0.25, 0.3) is 5.69 Å². The highest BCUT2D eigenvalue weighted by atomic mass is 16.6. The summed E-state index contributed by atoms with van der Waals surface area (Å²) < 4.78 is 41.1. The van der Waals surface area contributed by atoms with E-state index in [4.69, 9.17) is 33.2 Å². The molecule has 2 aromatic rings. The van der Waals surface area contributed by atoms with Crippen molar-refractivity contribution >= 4 is 23.4 Å². The maximum atomic E-state index is 12.3. The molecule has 13 nitrogen and oxygen atoms in total. The zero-order chi connectivity index (χ0) is 35.6. The Morgan fingerprint density at radius 1 is 0.920 bits per heavy atom. The van der Waals surface area contributed by atoms with Crippen LogP contribution in [0.25, 0.3) is 6.08 Å². The Morgan fingerprint density at radius 3 is 2.08 bits per heavy atom. The third-order valence-electron chi connectivity index (χ3n) is 9.18. The Hall–Kier alpha value is -3.85. The summed E-state index contributed by atoms with van der Waals surface area (Å²) in [4.78, 5) is 28.3. The van der Waals surface area contributed by atoms with Crippen LogP contribution in [0, 0.1) is 10.1 Å². The van der Waals surface area contributed by atoms with E-state index in [1.807, 2.05) is 30.4 Å². The van der Waals surface area contributed by atoms with Crippen LogP contribution in [0.15, 0.2) is 54.6 Å². The number of hydrogen-bond acceptors (Lipinski definition) is 12. The lowest BCUT2D eigenvalue weighted by atomic mass is 9.76. The number of carbonyl (C=O) groups is 1. The van der Waals surface area contributed by atoms with Gasteiger partial charge in [-0.25, -0.2) is 4.79 Å². The first kappa shape index (κ1) is 37.4. The molecule has 1 spiro atoms. The number of nitrogens with zero attached hydrogens (tertiary/aromatic N) is 3. The number of benzene rings is 2. The molecule has 0 radical (unpaired) electrons. The highest BCUT2D eigenvalue weighted by Crippen LogP contribution is 2.55. The van der Waals surface area contributed by atoms with Crippen LogP contribution in [0.3, 0.4) is 0 Å². The minimum absolute atomic E-state index is 0.0207. The van der Waals surface area contributed by atoms with Crippen molar-refractivity contribution in [3.8, 4) is 5.75 Å². The first-order chi connectivity index (χ1) is 24.1. The topological polar surface area (TPSA) is 131 Å². The van der Waals surface area contributed by atoms with Crippen LogP contribution in [0.4, 0.5) is 11.4 Å². The number of para-hydroxylation sites is 1. The smallest absolute Gasteiger partial charge is 0.333 e. The number of fused-ring (bicyclic) bond motifs is 2. The highest BCUT2D eigenvalue weighted by Gasteiger charge is 2.59. The van der Waals surface area contributed by atoms with Gasteiger partial charge in [-0.05, 0) is 44.6 Å². The lowest BCUT2D eigenvalue weighted by molar-refractivity contribution is -0.385. The standard InChI is InChI=1S/C37H49N3O10/c1-28(2)35(41)49-16-13-39-33-8-6-5-7-32(33)36(3,4)37(39)10-9-29-25-31(40(42)43)26-30(34(29)50-37)27-38-11-14-44-17-19-46-21-23-48-24-22-47-20-18-45-15-12-38/h5-10,25-26H,1,11-24,27H2,2-4H3. The molecule has 3 aliphatic rings. The number of ether oxygens (including phenoxy) is 7. The van der Waals surface area contributed by atoms with Crippen LogP contribution in [-0.2, 0) is 45.2 Å². The molecule has 1 fully saturated rings. The van der Waals surface area contributed by atoms with Crippen molar-refractivity contribution in [1.82, 2.24) is 4.90 Å². The molecule has 50 heavy (non-hydrogen) atoms. The van der Waals surface area contributed by atoms with Gasteiger partial charge in [-0.3, -0.25) is 15.0 Å². The molecule has 3 aliphatic heterocycles. The predicted octanol–water partition coefficient (Wildman–Crippen LogP) is 4.51. The summed E-state index contributed by atoms with van der Waals surface area (Å²) in [5.74, 6) is 0.107. The summed E-state index contributed by atoms with van der Waals surface area (Å²) in [6.07, 6.45) is 3.88. The Morgan fingerprint density at radius 2 is 1.50 bits per heavy atom. The maximum Gasteiger partial charge on any atom is 0.333 e. The summed E-state index contributed by atoms with van der Waals surface area (Å²) in [5.41, 5.74) is 2.05. The molecule has 5 rings (SSSR count). The van der Waals surface area contributed by atoms with Gasteiger partial charge in [0.1, 0.15) is 12.4 Å². The van der Waals surface area contributed by atoms with Gasteiger partial charge in [-0.1, -0.05) is 24.8 Å².